The molecule has 0 bridgehead atoms. The second kappa shape index (κ2) is 10.1. The van der Waals surface area contributed by atoms with Gasteiger partial charge in [-0.25, -0.2) is 4.98 Å². The van der Waals surface area contributed by atoms with E-state index >= 15 is 0 Å². The van der Waals surface area contributed by atoms with Gasteiger partial charge in [0.2, 0.25) is 0 Å². The van der Waals surface area contributed by atoms with E-state index in [2.05, 4.69) is 25.7 Å². The molecule has 3 aromatic carbocycles. The van der Waals surface area contributed by atoms with Crippen LogP contribution in [0.2, 0.25) is 0 Å². The smallest absolute Gasteiger partial charge is 0.282 e. The summed E-state index contributed by atoms with van der Waals surface area (Å²) < 4.78 is 66.8. The third-order valence-corrected chi connectivity index (χ3v) is 7.74. The molecule has 0 unspecified atom stereocenters. The molecule has 41 heavy (non-hydrogen) atoms. The van der Waals surface area contributed by atoms with Crippen molar-refractivity contribution in [1.82, 2.24) is 9.55 Å². The van der Waals surface area contributed by atoms with Gasteiger partial charge >= 0.3 is 0 Å². The summed E-state index contributed by atoms with van der Waals surface area (Å²) in [6.07, 6.45) is 0. The molecule has 16 heteroatoms. The van der Waals surface area contributed by atoms with E-state index < -0.39 is 31.0 Å². The van der Waals surface area contributed by atoms with Gasteiger partial charge in [-0.15, -0.1) is 0 Å². The van der Waals surface area contributed by atoms with Crippen LogP contribution in [0.1, 0.15) is 17.5 Å². The van der Waals surface area contributed by atoms with Crippen molar-refractivity contribution in [2.75, 3.05) is 5.43 Å². The third-order valence-electron chi connectivity index (χ3n) is 5.98. The first kappa shape index (κ1) is 27.5. The summed E-state index contributed by atoms with van der Waals surface area (Å²) in [5, 5.41) is 21.6. The Bertz CT molecular complexity index is 2110. The number of carbonyl (C=O) groups is 1. The van der Waals surface area contributed by atoms with Gasteiger partial charge in [-0.2, -0.15) is 37.4 Å². The number of nitrogens with zero attached hydrogens (tertiary/aromatic N) is 6. The molecule has 0 aliphatic carbocycles. The summed E-state index contributed by atoms with van der Waals surface area (Å²) in [5.41, 5.74) is 3.59. The number of allylic oxidation sites excluding steroid dienone is 2. The normalized spacial score (nSPS) is 15.0. The molecule has 0 spiro atoms. The molecule has 2 heterocycles. The Morgan fingerprint density at radius 1 is 0.927 bits per heavy atom. The molecule has 14 nitrogen and oxygen atoms in total. The average molecular weight is 592 g/mol. The van der Waals surface area contributed by atoms with Crippen LogP contribution in [0, 0.1) is 11.3 Å². The molecule has 5 rings (SSSR count). The minimum Gasteiger partial charge on any atom is -0.282 e. The van der Waals surface area contributed by atoms with E-state index in [9.17, 15) is 31.4 Å². The molecular formula is C25H17N7O7S2. The molecule has 1 aliphatic rings. The summed E-state index contributed by atoms with van der Waals surface area (Å²) >= 11 is 0. The monoisotopic (exact) mass is 591 g/mol. The highest BCUT2D eigenvalue weighted by Gasteiger charge is 2.32. The maximum absolute atomic E-state index is 13.4. The predicted molar refractivity (Wildman–Crippen MR) is 146 cm³/mol. The molecule has 206 valence electrons. The zero-order chi connectivity index (χ0) is 29.5. The molecule has 0 atom stereocenters. The fourth-order valence-electron chi connectivity index (χ4n) is 4.01. The standard InChI is InChI=1S/C25H17N7O7S2/c1-14-18(13-26)24-27-19-4-2-3-5-21(19)32(24)25(33)23(14)31-30-20-11-8-16(12-22(20)41(37,38)39)29-28-15-6-9-17(10-7-15)40(34,35)36/h2-12,30H,1H3,(H,34,35,36)(H,37,38,39)/b29-28?,31-23+. The van der Waals surface area contributed by atoms with E-state index in [0.29, 0.717) is 11.0 Å². The molecule has 0 saturated heterocycles. The SMILES string of the molecule is CC1=C(C#N)c2nc3ccccc3n2C(=O)/C1=N/Nc1ccc(N=Nc2ccc(S(=O)(=O)O)cc2)cc1S(=O)(=O)O. The van der Waals surface area contributed by atoms with Crippen LogP contribution in [0.4, 0.5) is 17.1 Å². The Labute approximate surface area is 232 Å². The van der Waals surface area contributed by atoms with E-state index in [1.807, 2.05) is 6.07 Å². The number of nitriles is 1. The quantitative estimate of drug-likeness (QED) is 0.163. The lowest BCUT2D eigenvalue weighted by Gasteiger charge is -2.17. The van der Waals surface area contributed by atoms with E-state index in [1.54, 1.807) is 24.3 Å². The van der Waals surface area contributed by atoms with E-state index in [0.717, 1.165) is 18.2 Å². The summed E-state index contributed by atoms with van der Waals surface area (Å²) in [5.74, 6) is -0.437. The van der Waals surface area contributed by atoms with Gasteiger partial charge in [0.05, 0.1) is 33.0 Å². The molecule has 0 fully saturated rings. The fraction of sp³-hybridized carbons (Fsp3) is 0.0400. The van der Waals surface area contributed by atoms with E-state index in [-0.39, 0.29) is 44.6 Å². The first-order chi connectivity index (χ1) is 19.4. The molecule has 4 aromatic rings. The molecule has 3 N–H and O–H groups in total. The van der Waals surface area contributed by atoms with Crippen molar-refractivity contribution >= 4 is 65.5 Å². The van der Waals surface area contributed by atoms with Crippen LogP contribution in [0.3, 0.4) is 0 Å². The number of benzene rings is 3. The largest absolute Gasteiger partial charge is 0.296 e. The Morgan fingerprint density at radius 2 is 1.59 bits per heavy atom. The first-order valence-corrected chi connectivity index (χ1v) is 14.3. The number of imidazole rings is 1. The highest BCUT2D eigenvalue weighted by atomic mass is 32.2. The predicted octanol–water partition coefficient (Wildman–Crippen LogP) is 4.36. The zero-order valence-corrected chi connectivity index (χ0v) is 22.4. The summed E-state index contributed by atoms with van der Waals surface area (Å²) in [4.78, 5) is 16.8. The average Bonchev–Trinajstić information content (AvgIpc) is 3.31. The molecule has 1 aromatic heterocycles. The number of azo groups is 1. The number of rotatable bonds is 6. The molecule has 1 aliphatic heterocycles. The lowest BCUT2D eigenvalue weighted by atomic mass is 10.0. The maximum atomic E-state index is 13.4. The topological polar surface area (TPSA) is 217 Å². The van der Waals surface area contributed by atoms with Crippen LogP contribution in [0.25, 0.3) is 16.6 Å². The zero-order valence-electron chi connectivity index (χ0n) is 20.8. The number of hydrazone groups is 1. The third kappa shape index (κ3) is 5.25. The highest BCUT2D eigenvalue weighted by molar-refractivity contribution is 7.86. The Morgan fingerprint density at radius 3 is 2.24 bits per heavy atom. The van der Waals surface area contributed by atoms with Crippen molar-refractivity contribution in [2.24, 2.45) is 15.3 Å². The van der Waals surface area contributed by atoms with Gasteiger partial charge in [0.1, 0.15) is 16.5 Å². The Balaban J connectivity index is 1.49. The highest BCUT2D eigenvalue weighted by Crippen LogP contribution is 2.31. The number of hydrogen-bond acceptors (Lipinski definition) is 11. The summed E-state index contributed by atoms with van der Waals surface area (Å²) in [6, 6.07) is 17.2. The number of nitrogens with one attached hydrogen (secondary N) is 1. The van der Waals surface area contributed by atoms with Crippen LogP contribution in [0.5, 0.6) is 0 Å². The first-order valence-electron chi connectivity index (χ1n) is 11.5. The van der Waals surface area contributed by atoms with Crippen molar-refractivity contribution in [3.8, 4) is 6.07 Å². The summed E-state index contributed by atoms with van der Waals surface area (Å²) in [7, 11) is -9.21. The van der Waals surface area contributed by atoms with Crippen LogP contribution >= 0.6 is 0 Å². The van der Waals surface area contributed by atoms with Gasteiger partial charge in [-0.1, -0.05) is 12.1 Å². The van der Waals surface area contributed by atoms with Gasteiger partial charge in [0.15, 0.2) is 11.5 Å². The fourth-order valence-corrected chi connectivity index (χ4v) is 5.15. The van der Waals surface area contributed by atoms with Crippen molar-refractivity contribution in [1.29, 1.82) is 5.26 Å². The van der Waals surface area contributed by atoms with Crippen molar-refractivity contribution in [3.05, 3.63) is 78.1 Å². The number of para-hydroxylation sites is 2. The van der Waals surface area contributed by atoms with Gasteiger partial charge in [0.25, 0.3) is 26.1 Å². The van der Waals surface area contributed by atoms with Crippen LogP contribution in [-0.2, 0) is 20.2 Å². The number of carbonyl (C=O) groups excluding carboxylic acids is 1. The molecule has 0 radical (unpaired) electrons. The van der Waals surface area contributed by atoms with Crippen molar-refractivity contribution in [2.45, 2.75) is 16.7 Å². The van der Waals surface area contributed by atoms with Gasteiger partial charge in [-0.05, 0) is 61.5 Å². The lowest BCUT2D eigenvalue weighted by Crippen LogP contribution is -2.30. The number of aromatic nitrogens is 2. The van der Waals surface area contributed by atoms with Crippen LogP contribution in [0.15, 0.2) is 97.4 Å². The van der Waals surface area contributed by atoms with Crippen molar-refractivity contribution in [3.63, 3.8) is 0 Å². The summed E-state index contributed by atoms with van der Waals surface area (Å²) in [6.45, 7) is 1.51. The van der Waals surface area contributed by atoms with E-state index in [1.165, 1.54) is 35.8 Å². The van der Waals surface area contributed by atoms with Crippen molar-refractivity contribution < 1.29 is 30.7 Å². The molecule has 0 amide bonds. The Kier molecular flexibility index (Phi) is 6.80. The lowest BCUT2D eigenvalue weighted by molar-refractivity contribution is 0.0992. The maximum Gasteiger partial charge on any atom is 0.296 e. The number of anilines is 1. The second-order valence-electron chi connectivity index (χ2n) is 8.57. The minimum absolute atomic E-state index is 0.000738. The van der Waals surface area contributed by atoms with Gasteiger partial charge < -0.3 is 0 Å². The second-order valence-corrected chi connectivity index (χ2v) is 11.4. The van der Waals surface area contributed by atoms with Gasteiger partial charge in [-0.3, -0.25) is 23.9 Å². The van der Waals surface area contributed by atoms with Crippen LogP contribution < -0.4 is 5.43 Å². The molecule has 0 saturated carbocycles. The minimum atomic E-state index is -4.82. The van der Waals surface area contributed by atoms with E-state index in [4.69, 9.17) is 4.55 Å². The number of hydrogen-bond donors (Lipinski definition) is 3. The Hall–Kier alpha value is -5.08. The number of fused-ring (bicyclic) bond motifs is 3. The molecular weight excluding hydrogens is 574 g/mol. The van der Waals surface area contributed by atoms with Crippen LogP contribution in [-0.4, -0.2) is 47.1 Å². The van der Waals surface area contributed by atoms with Gasteiger partial charge in [0, 0.05) is 5.57 Å².